The van der Waals surface area contributed by atoms with Crippen molar-refractivity contribution in [2.45, 2.75) is 6.92 Å². The third-order valence-corrected chi connectivity index (χ3v) is 3.90. The number of methoxy groups -OCH3 is 1. The Bertz CT molecular complexity index is 974. The first-order chi connectivity index (χ1) is 12.8. The first-order valence-electron chi connectivity index (χ1n) is 7.84. The number of benzene rings is 2. The second-order valence-corrected chi connectivity index (χ2v) is 5.76. The van der Waals surface area contributed by atoms with Gasteiger partial charge in [0, 0.05) is 18.6 Å². The molecule has 0 spiro atoms. The SMILES string of the molecule is COc1ccc(/C=C2\COc3cc(O)c(O)c(O)c3C2=O)cc1OC(C)=O. The quantitative estimate of drug-likeness (QED) is 0.325. The molecular weight excluding hydrogens is 356 g/mol. The smallest absolute Gasteiger partial charge is 0.308 e. The van der Waals surface area contributed by atoms with Gasteiger partial charge in [0.15, 0.2) is 28.8 Å². The van der Waals surface area contributed by atoms with Crippen molar-refractivity contribution in [3.8, 4) is 34.5 Å². The van der Waals surface area contributed by atoms with Gasteiger partial charge in [-0.25, -0.2) is 0 Å². The van der Waals surface area contributed by atoms with Crippen molar-refractivity contribution in [3.05, 3.63) is 41.0 Å². The lowest BCUT2D eigenvalue weighted by molar-refractivity contribution is -0.132. The molecule has 0 amide bonds. The highest BCUT2D eigenvalue weighted by molar-refractivity contribution is 6.16. The minimum absolute atomic E-state index is 0.0275. The lowest BCUT2D eigenvalue weighted by atomic mass is 9.97. The van der Waals surface area contributed by atoms with Crippen LogP contribution in [-0.4, -0.2) is 40.8 Å². The molecule has 0 atom stereocenters. The number of Topliss-reactive ketones (excluding diaryl/α,β-unsaturated/α-hetero) is 1. The first kappa shape index (κ1) is 18.1. The molecule has 0 unspecified atom stereocenters. The van der Waals surface area contributed by atoms with Gasteiger partial charge in [-0.05, 0) is 23.8 Å². The Balaban J connectivity index is 2.01. The van der Waals surface area contributed by atoms with Crippen molar-refractivity contribution in [1.29, 1.82) is 0 Å². The number of hydrogen-bond donors (Lipinski definition) is 3. The van der Waals surface area contributed by atoms with Gasteiger partial charge in [0.05, 0.1) is 7.11 Å². The van der Waals surface area contributed by atoms with E-state index in [9.17, 15) is 24.9 Å². The topological polar surface area (TPSA) is 123 Å². The highest BCUT2D eigenvalue weighted by Crippen LogP contribution is 2.45. The maximum absolute atomic E-state index is 12.7. The van der Waals surface area contributed by atoms with Crippen LogP contribution in [0, 0.1) is 0 Å². The van der Waals surface area contributed by atoms with E-state index in [1.807, 2.05) is 0 Å². The summed E-state index contributed by atoms with van der Waals surface area (Å²) in [5, 5.41) is 29.1. The maximum Gasteiger partial charge on any atom is 0.308 e. The summed E-state index contributed by atoms with van der Waals surface area (Å²) >= 11 is 0. The van der Waals surface area contributed by atoms with Crippen LogP contribution < -0.4 is 14.2 Å². The van der Waals surface area contributed by atoms with E-state index in [0.29, 0.717) is 11.3 Å². The van der Waals surface area contributed by atoms with Gasteiger partial charge in [0.1, 0.15) is 17.9 Å². The minimum atomic E-state index is -0.798. The molecule has 8 nitrogen and oxygen atoms in total. The van der Waals surface area contributed by atoms with Gasteiger partial charge in [0.2, 0.25) is 5.75 Å². The molecule has 3 N–H and O–H groups in total. The van der Waals surface area contributed by atoms with Crippen molar-refractivity contribution < 1.29 is 39.1 Å². The van der Waals surface area contributed by atoms with Crippen molar-refractivity contribution in [3.63, 3.8) is 0 Å². The summed E-state index contributed by atoms with van der Waals surface area (Å²) in [6, 6.07) is 5.80. The first-order valence-corrected chi connectivity index (χ1v) is 7.84. The molecule has 8 heteroatoms. The van der Waals surface area contributed by atoms with E-state index in [1.54, 1.807) is 12.1 Å². The molecule has 0 aliphatic carbocycles. The molecule has 1 heterocycles. The Kier molecular flexibility index (Phi) is 4.64. The van der Waals surface area contributed by atoms with Crippen LogP contribution in [0.1, 0.15) is 22.8 Å². The highest BCUT2D eigenvalue weighted by Gasteiger charge is 2.30. The van der Waals surface area contributed by atoms with Crippen LogP contribution >= 0.6 is 0 Å². The zero-order valence-corrected chi connectivity index (χ0v) is 14.5. The van der Waals surface area contributed by atoms with Crippen molar-refractivity contribution >= 4 is 17.8 Å². The summed E-state index contributed by atoms with van der Waals surface area (Å²) in [4.78, 5) is 23.9. The summed E-state index contributed by atoms with van der Waals surface area (Å²) < 4.78 is 15.6. The maximum atomic E-state index is 12.7. The van der Waals surface area contributed by atoms with Crippen LogP contribution in [0.4, 0.5) is 0 Å². The van der Waals surface area contributed by atoms with Gasteiger partial charge in [-0.15, -0.1) is 0 Å². The predicted molar refractivity (Wildman–Crippen MR) is 93.5 cm³/mol. The van der Waals surface area contributed by atoms with Crippen LogP contribution in [0.25, 0.3) is 6.08 Å². The normalized spacial score (nSPS) is 14.4. The van der Waals surface area contributed by atoms with E-state index in [2.05, 4.69) is 0 Å². The second-order valence-electron chi connectivity index (χ2n) is 5.76. The predicted octanol–water partition coefficient (Wildman–Crippen LogP) is 2.40. The largest absolute Gasteiger partial charge is 0.504 e. The van der Waals surface area contributed by atoms with E-state index in [4.69, 9.17) is 14.2 Å². The molecule has 0 bridgehead atoms. The number of phenols is 3. The number of phenolic OH excluding ortho intramolecular Hbond substituents is 3. The Morgan fingerprint density at radius 3 is 2.56 bits per heavy atom. The van der Waals surface area contributed by atoms with E-state index in [0.717, 1.165) is 6.07 Å². The lowest BCUT2D eigenvalue weighted by Gasteiger charge is -2.20. The summed E-state index contributed by atoms with van der Waals surface area (Å²) in [6.45, 7) is 1.15. The van der Waals surface area contributed by atoms with E-state index < -0.39 is 29.0 Å². The average Bonchev–Trinajstić information content (AvgIpc) is 2.62. The third kappa shape index (κ3) is 3.37. The van der Waals surface area contributed by atoms with Gasteiger partial charge in [-0.1, -0.05) is 6.07 Å². The molecule has 0 saturated heterocycles. The lowest BCUT2D eigenvalue weighted by Crippen LogP contribution is -2.19. The van der Waals surface area contributed by atoms with Gasteiger partial charge in [-0.3, -0.25) is 9.59 Å². The number of aromatic hydroxyl groups is 3. The summed E-state index contributed by atoms with van der Waals surface area (Å²) in [5.41, 5.74) is 0.489. The molecule has 3 rings (SSSR count). The van der Waals surface area contributed by atoms with Gasteiger partial charge in [-0.2, -0.15) is 0 Å². The number of ketones is 1. The fraction of sp³-hybridized carbons (Fsp3) is 0.158. The van der Waals surface area contributed by atoms with Crippen LogP contribution in [0.15, 0.2) is 29.8 Å². The van der Waals surface area contributed by atoms with Gasteiger partial charge >= 0.3 is 5.97 Å². The molecule has 0 aromatic heterocycles. The van der Waals surface area contributed by atoms with Gasteiger partial charge < -0.3 is 29.5 Å². The van der Waals surface area contributed by atoms with Crippen LogP contribution in [0.2, 0.25) is 0 Å². The molecule has 27 heavy (non-hydrogen) atoms. The zero-order valence-electron chi connectivity index (χ0n) is 14.5. The van der Waals surface area contributed by atoms with Crippen molar-refractivity contribution in [1.82, 2.24) is 0 Å². The average molecular weight is 372 g/mol. The van der Waals surface area contributed by atoms with E-state index in [-0.39, 0.29) is 29.2 Å². The fourth-order valence-electron chi connectivity index (χ4n) is 2.66. The van der Waals surface area contributed by atoms with Crippen molar-refractivity contribution in [2.75, 3.05) is 13.7 Å². The summed E-state index contributed by atoms with van der Waals surface area (Å²) in [6.07, 6.45) is 1.50. The van der Waals surface area contributed by atoms with Crippen LogP contribution in [-0.2, 0) is 4.79 Å². The molecule has 1 aliphatic rings. The van der Waals surface area contributed by atoms with Crippen LogP contribution in [0.3, 0.4) is 0 Å². The standard InChI is InChI=1S/C19H16O8/c1-9(20)27-14-6-10(3-4-13(14)25-2)5-11-8-26-15-7-12(21)18(23)19(24)16(15)17(11)22/h3-7,21,23-24H,8H2,1-2H3/b11-5+. The van der Waals surface area contributed by atoms with E-state index >= 15 is 0 Å². The molecule has 0 saturated carbocycles. The second kappa shape index (κ2) is 6.91. The van der Waals surface area contributed by atoms with Crippen LogP contribution in [0.5, 0.6) is 34.5 Å². The number of fused-ring (bicyclic) bond motifs is 1. The molecule has 2 aromatic carbocycles. The Morgan fingerprint density at radius 2 is 1.89 bits per heavy atom. The van der Waals surface area contributed by atoms with E-state index in [1.165, 1.54) is 26.2 Å². The number of hydrogen-bond acceptors (Lipinski definition) is 8. The third-order valence-electron chi connectivity index (χ3n) is 3.90. The monoisotopic (exact) mass is 372 g/mol. The molecule has 1 aliphatic heterocycles. The Morgan fingerprint density at radius 1 is 1.15 bits per heavy atom. The van der Waals surface area contributed by atoms with Crippen molar-refractivity contribution in [2.24, 2.45) is 0 Å². The molecule has 0 fully saturated rings. The summed E-state index contributed by atoms with van der Waals surface area (Å²) in [7, 11) is 1.43. The number of carbonyl (C=O) groups is 2. The summed E-state index contributed by atoms with van der Waals surface area (Å²) in [5.74, 6) is -2.72. The number of rotatable bonds is 3. The molecule has 0 radical (unpaired) electrons. The van der Waals surface area contributed by atoms with Gasteiger partial charge in [0.25, 0.3) is 0 Å². The highest BCUT2D eigenvalue weighted by atomic mass is 16.6. The minimum Gasteiger partial charge on any atom is -0.504 e. The number of carbonyl (C=O) groups excluding carboxylic acids is 2. The Labute approximate surface area is 153 Å². The zero-order chi connectivity index (χ0) is 19.7. The Hall–Kier alpha value is -3.68. The molecule has 140 valence electrons. The fourth-order valence-corrected chi connectivity index (χ4v) is 2.66. The number of ether oxygens (including phenoxy) is 3. The molecule has 2 aromatic rings. The number of esters is 1. The molecular formula is C19H16O8.